The number of anilines is 1. The van der Waals surface area contributed by atoms with Gasteiger partial charge in [-0.05, 0) is 51.4 Å². The quantitative estimate of drug-likeness (QED) is 0.881. The van der Waals surface area contributed by atoms with E-state index in [1.165, 1.54) is 31.9 Å². The lowest BCUT2D eigenvalue weighted by atomic mass is 10.00. The lowest BCUT2D eigenvalue weighted by molar-refractivity contribution is 0.179. The van der Waals surface area contributed by atoms with Crippen molar-refractivity contribution in [2.24, 2.45) is 0 Å². The molecule has 0 bridgehead atoms. The van der Waals surface area contributed by atoms with Crippen molar-refractivity contribution in [3.8, 4) is 0 Å². The second kappa shape index (κ2) is 6.19. The van der Waals surface area contributed by atoms with E-state index in [9.17, 15) is 4.39 Å². The van der Waals surface area contributed by atoms with Crippen LogP contribution in [0.15, 0.2) is 18.2 Å². The second-order valence-electron chi connectivity index (χ2n) is 5.28. The first-order valence-electron chi connectivity index (χ1n) is 6.87. The third-order valence-electron chi connectivity index (χ3n) is 3.92. The van der Waals surface area contributed by atoms with E-state index in [0.717, 1.165) is 18.5 Å². The Labute approximate surface area is 109 Å². The van der Waals surface area contributed by atoms with Gasteiger partial charge in [0.25, 0.3) is 0 Å². The van der Waals surface area contributed by atoms with Crippen LogP contribution in [0.1, 0.15) is 31.2 Å². The smallest absolute Gasteiger partial charge is 0.146 e. The monoisotopic (exact) mass is 250 g/mol. The van der Waals surface area contributed by atoms with E-state index >= 15 is 0 Å². The SMILES string of the molecule is Cc1cccc(F)c1NCCC1CCCCN1C. The molecule has 0 radical (unpaired) electrons. The third-order valence-corrected chi connectivity index (χ3v) is 3.92. The third kappa shape index (κ3) is 3.22. The largest absolute Gasteiger partial charge is 0.382 e. The van der Waals surface area contributed by atoms with Crippen molar-refractivity contribution in [1.82, 2.24) is 4.90 Å². The van der Waals surface area contributed by atoms with Crippen molar-refractivity contribution in [3.63, 3.8) is 0 Å². The summed E-state index contributed by atoms with van der Waals surface area (Å²) in [5.41, 5.74) is 1.64. The summed E-state index contributed by atoms with van der Waals surface area (Å²) < 4.78 is 13.6. The van der Waals surface area contributed by atoms with E-state index in [2.05, 4.69) is 17.3 Å². The van der Waals surface area contributed by atoms with Gasteiger partial charge in [-0.15, -0.1) is 0 Å². The standard InChI is InChI=1S/C15H23FN2/c1-12-6-5-8-14(16)15(12)17-10-9-13-7-3-4-11-18(13)2/h5-6,8,13,17H,3-4,7,9-11H2,1-2H3. The highest BCUT2D eigenvalue weighted by atomic mass is 19.1. The summed E-state index contributed by atoms with van der Waals surface area (Å²) in [7, 11) is 2.19. The number of hydrogen-bond acceptors (Lipinski definition) is 2. The first kappa shape index (κ1) is 13.3. The van der Waals surface area contributed by atoms with Gasteiger partial charge in [0.15, 0.2) is 0 Å². The van der Waals surface area contributed by atoms with Crippen LogP contribution in [0.5, 0.6) is 0 Å². The van der Waals surface area contributed by atoms with E-state index in [0.29, 0.717) is 11.7 Å². The summed E-state index contributed by atoms with van der Waals surface area (Å²) in [5.74, 6) is -0.146. The number of benzene rings is 1. The normalized spacial score (nSPS) is 20.9. The van der Waals surface area contributed by atoms with Crippen LogP contribution in [0.3, 0.4) is 0 Å². The number of nitrogens with one attached hydrogen (secondary N) is 1. The summed E-state index contributed by atoms with van der Waals surface area (Å²) in [4.78, 5) is 2.43. The molecule has 1 atom stereocenters. The topological polar surface area (TPSA) is 15.3 Å². The van der Waals surface area contributed by atoms with E-state index < -0.39 is 0 Å². The van der Waals surface area contributed by atoms with Crippen molar-refractivity contribution in [2.45, 2.75) is 38.6 Å². The highest BCUT2D eigenvalue weighted by molar-refractivity contribution is 5.51. The molecular formula is C15H23FN2. The van der Waals surface area contributed by atoms with Gasteiger partial charge in [0.05, 0.1) is 5.69 Å². The van der Waals surface area contributed by atoms with Crippen molar-refractivity contribution in [1.29, 1.82) is 0 Å². The minimum absolute atomic E-state index is 0.146. The minimum atomic E-state index is -0.146. The predicted octanol–water partition coefficient (Wildman–Crippen LogP) is 3.42. The number of likely N-dealkylation sites (tertiary alicyclic amines) is 1. The van der Waals surface area contributed by atoms with Gasteiger partial charge in [0, 0.05) is 12.6 Å². The lowest BCUT2D eigenvalue weighted by Gasteiger charge is -2.32. The maximum Gasteiger partial charge on any atom is 0.146 e. The molecule has 3 heteroatoms. The van der Waals surface area contributed by atoms with Gasteiger partial charge >= 0.3 is 0 Å². The van der Waals surface area contributed by atoms with Gasteiger partial charge in [-0.25, -0.2) is 4.39 Å². The number of piperidine rings is 1. The molecule has 1 fully saturated rings. The fourth-order valence-corrected chi connectivity index (χ4v) is 2.73. The molecule has 1 aromatic rings. The summed E-state index contributed by atoms with van der Waals surface area (Å²) in [5, 5.41) is 3.25. The predicted molar refractivity (Wildman–Crippen MR) is 74.5 cm³/mol. The molecule has 0 aliphatic carbocycles. The van der Waals surface area contributed by atoms with Crippen LogP contribution < -0.4 is 5.32 Å². The Morgan fingerprint density at radius 2 is 2.22 bits per heavy atom. The number of halogens is 1. The molecule has 1 unspecified atom stereocenters. The van der Waals surface area contributed by atoms with Crippen molar-refractivity contribution >= 4 is 5.69 Å². The Morgan fingerprint density at radius 1 is 1.39 bits per heavy atom. The number of rotatable bonds is 4. The fourth-order valence-electron chi connectivity index (χ4n) is 2.73. The highest BCUT2D eigenvalue weighted by Gasteiger charge is 2.18. The van der Waals surface area contributed by atoms with Crippen LogP contribution >= 0.6 is 0 Å². The summed E-state index contributed by atoms with van der Waals surface area (Å²) in [6, 6.07) is 5.86. The molecule has 0 spiro atoms. The summed E-state index contributed by atoms with van der Waals surface area (Å²) in [6.45, 7) is 3.98. The molecule has 1 aliphatic heterocycles. The number of para-hydroxylation sites is 1. The van der Waals surface area contributed by atoms with E-state index in [4.69, 9.17) is 0 Å². The maximum atomic E-state index is 13.6. The highest BCUT2D eigenvalue weighted by Crippen LogP contribution is 2.21. The van der Waals surface area contributed by atoms with Gasteiger partial charge in [-0.2, -0.15) is 0 Å². The maximum absolute atomic E-state index is 13.6. The molecule has 1 aliphatic rings. The van der Waals surface area contributed by atoms with Gasteiger partial charge in [0.2, 0.25) is 0 Å². The van der Waals surface area contributed by atoms with Crippen LogP contribution in [0.2, 0.25) is 0 Å². The Balaban J connectivity index is 1.84. The molecule has 0 amide bonds. The Bertz CT molecular complexity index is 372. The molecular weight excluding hydrogens is 227 g/mol. The minimum Gasteiger partial charge on any atom is -0.382 e. The average molecular weight is 250 g/mol. The molecule has 0 saturated carbocycles. The van der Waals surface area contributed by atoms with E-state index in [1.807, 2.05) is 13.0 Å². The molecule has 1 saturated heterocycles. The second-order valence-corrected chi connectivity index (χ2v) is 5.28. The van der Waals surface area contributed by atoms with Gasteiger partial charge in [-0.3, -0.25) is 0 Å². The molecule has 1 N–H and O–H groups in total. The van der Waals surface area contributed by atoms with Crippen LogP contribution in [-0.2, 0) is 0 Å². The van der Waals surface area contributed by atoms with Crippen molar-refractivity contribution in [2.75, 3.05) is 25.5 Å². The first-order valence-corrected chi connectivity index (χ1v) is 6.87. The van der Waals surface area contributed by atoms with Crippen LogP contribution in [-0.4, -0.2) is 31.1 Å². The van der Waals surface area contributed by atoms with E-state index in [-0.39, 0.29) is 5.82 Å². The van der Waals surface area contributed by atoms with Crippen LogP contribution in [0.4, 0.5) is 10.1 Å². The Hall–Kier alpha value is -1.09. The van der Waals surface area contributed by atoms with E-state index in [1.54, 1.807) is 6.07 Å². The molecule has 0 aromatic heterocycles. The Morgan fingerprint density at radius 3 is 2.94 bits per heavy atom. The zero-order valence-electron chi connectivity index (χ0n) is 11.4. The van der Waals surface area contributed by atoms with Crippen LogP contribution in [0, 0.1) is 12.7 Å². The van der Waals surface area contributed by atoms with Crippen LogP contribution in [0.25, 0.3) is 0 Å². The first-order chi connectivity index (χ1) is 8.68. The zero-order chi connectivity index (χ0) is 13.0. The Kier molecular flexibility index (Phi) is 4.59. The van der Waals surface area contributed by atoms with Crippen molar-refractivity contribution < 1.29 is 4.39 Å². The number of aryl methyl sites for hydroxylation is 1. The average Bonchev–Trinajstić information content (AvgIpc) is 2.35. The van der Waals surface area contributed by atoms with Crippen molar-refractivity contribution in [3.05, 3.63) is 29.6 Å². The molecule has 1 aromatic carbocycles. The zero-order valence-corrected chi connectivity index (χ0v) is 11.4. The molecule has 1 heterocycles. The molecule has 18 heavy (non-hydrogen) atoms. The van der Waals surface area contributed by atoms with Gasteiger partial charge in [0.1, 0.15) is 5.82 Å². The van der Waals surface area contributed by atoms with Gasteiger partial charge < -0.3 is 10.2 Å². The molecule has 2 nitrogen and oxygen atoms in total. The number of hydrogen-bond donors (Lipinski definition) is 1. The molecule has 2 rings (SSSR count). The fraction of sp³-hybridized carbons (Fsp3) is 0.600. The number of nitrogens with zero attached hydrogens (tertiary/aromatic N) is 1. The molecule has 100 valence electrons. The summed E-state index contributed by atoms with van der Waals surface area (Å²) in [6.07, 6.45) is 5.00. The lowest BCUT2D eigenvalue weighted by Crippen LogP contribution is -2.37. The summed E-state index contributed by atoms with van der Waals surface area (Å²) >= 11 is 0. The van der Waals surface area contributed by atoms with Gasteiger partial charge in [-0.1, -0.05) is 18.6 Å².